The second-order valence-corrected chi connectivity index (χ2v) is 9.09. The molecule has 10 heteroatoms. The summed E-state index contributed by atoms with van der Waals surface area (Å²) in [5.41, 5.74) is 8.81. The van der Waals surface area contributed by atoms with E-state index in [2.05, 4.69) is 14.7 Å². The monoisotopic (exact) mass is 456 g/mol. The van der Waals surface area contributed by atoms with Crippen LogP contribution in [0.1, 0.15) is 28.4 Å². The number of aromatic nitrogens is 2. The van der Waals surface area contributed by atoms with Gasteiger partial charge >= 0.3 is 5.97 Å². The Hall–Kier alpha value is -3.50. The molecule has 0 saturated heterocycles. The van der Waals surface area contributed by atoms with Crippen LogP contribution >= 0.6 is 0 Å². The van der Waals surface area contributed by atoms with Gasteiger partial charge in [-0.25, -0.2) is 22.9 Å². The molecule has 0 fully saturated rings. The molecule has 9 nitrogen and oxygen atoms in total. The van der Waals surface area contributed by atoms with Crippen LogP contribution in [0.3, 0.4) is 0 Å². The lowest BCUT2D eigenvalue weighted by Gasteiger charge is -2.14. The van der Waals surface area contributed by atoms with Crippen molar-refractivity contribution < 1.29 is 23.1 Å². The molecular weight excluding hydrogens is 432 g/mol. The predicted octanol–water partition coefficient (Wildman–Crippen LogP) is 2.99. The summed E-state index contributed by atoms with van der Waals surface area (Å²) in [6.45, 7) is 5.80. The SMILES string of the molecule is Cc1cccc(C)c1-c1cc(OC[C@@H](C)N)nc(NS(=O)(=O)c2cccc(C(=O)O)c2)n1. The summed E-state index contributed by atoms with van der Waals surface area (Å²) in [4.78, 5) is 19.5. The van der Waals surface area contributed by atoms with E-state index in [1.54, 1.807) is 13.0 Å². The molecule has 0 spiro atoms. The number of carboxylic acid groups (broad SMARTS) is 1. The molecule has 1 aromatic heterocycles. The highest BCUT2D eigenvalue weighted by Gasteiger charge is 2.20. The third kappa shape index (κ3) is 5.40. The van der Waals surface area contributed by atoms with Crippen LogP contribution < -0.4 is 15.2 Å². The van der Waals surface area contributed by atoms with Crippen molar-refractivity contribution in [1.82, 2.24) is 9.97 Å². The summed E-state index contributed by atoms with van der Waals surface area (Å²) >= 11 is 0. The first-order valence-corrected chi connectivity index (χ1v) is 11.3. The Morgan fingerprint density at radius 2 is 1.78 bits per heavy atom. The van der Waals surface area contributed by atoms with E-state index in [0.717, 1.165) is 22.8 Å². The molecule has 0 amide bonds. The van der Waals surface area contributed by atoms with Gasteiger partial charge in [0, 0.05) is 17.7 Å². The molecule has 1 atom stereocenters. The molecule has 0 unspecified atom stereocenters. The number of benzene rings is 2. The standard InChI is InChI=1S/C22H24N4O5S/c1-13-6-4-7-14(2)20(13)18-11-19(31-12-15(3)23)25-22(24-18)26-32(29,30)17-9-5-8-16(10-17)21(27)28/h4-11,15H,12,23H2,1-3H3,(H,27,28)(H,24,25,26)/t15-/m1/s1. The van der Waals surface area contributed by atoms with E-state index in [1.807, 2.05) is 32.0 Å². The van der Waals surface area contributed by atoms with Gasteiger partial charge in [-0.1, -0.05) is 24.3 Å². The molecule has 0 aliphatic heterocycles. The van der Waals surface area contributed by atoms with Gasteiger partial charge < -0.3 is 15.6 Å². The van der Waals surface area contributed by atoms with Crippen molar-refractivity contribution in [2.45, 2.75) is 31.7 Å². The number of carboxylic acids is 1. The third-order valence-electron chi connectivity index (χ3n) is 4.55. The number of sulfonamides is 1. The minimum Gasteiger partial charge on any atom is -0.478 e. The van der Waals surface area contributed by atoms with Crippen LogP contribution in [0.5, 0.6) is 5.88 Å². The van der Waals surface area contributed by atoms with Gasteiger partial charge in [-0.3, -0.25) is 0 Å². The molecule has 0 aliphatic carbocycles. The van der Waals surface area contributed by atoms with E-state index in [1.165, 1.54) is 18.2 Å². The number of carbonyl (C=O) groups is 1. The van der Waals surface area contributed by atoms with Crippen LogP contribution in [0, 0.1) is 13.8 Å². The number of hydrogen-bond acceptors (Lipinski definition) is 7. The first-order valence-electron chi connectivity index (χ1n) is 9.77. The summed E-state index contributed by atoms with van der Waals surface area (Å²) in [5.74, 6) is -1.28. The molecular formula is C22H24N4O5S. The number of rotatable bonds is 8. The van der Waals surface area contributed by atoms with Crippen LogP contribution in [0.15, 0.2) is 53.4 Å². The first-order chi connectivity index (χ1) is 15.1. The smallest absolute Gasteiger partial charge is 0.335 e. The Labute approximate surface area is 186 Å². The van der Waals surface area contributed by atoms with E-state index in [9.17, 15) is 13.2 Å². The normalized spacial score (nSPS) is 12.2. The number of nitrogens with zero attached hydrogens (tertiary/aromatic N) is 2. The minimum atomic E-state index is -4.16. The number of nitrogens with one attached hydrogen (secondary N) is 1. The zero-order valence-corrected chi connectivity index (χ0v) is 18.7. The van der Waals surface area contributed by atoms with Gasteiger partial charge in [-0.15, -0.1) is 0 Å². The summed E-state index contributed by atoms with van der Waals surface area (Å²) in [6.07, 6.45) is 0. The number of anilines is 1. The van der Waals surface area contributed by atoms with Crippen molar-refractivity contribution in [2.75, 3.05) is 11.3 Å². The van der Waals surface area contributed by atoms with E-state index < -0.39 is 16.0 Å². The fraction of sp³-hybridized carbons (Fsp3) is 0.227. The molecule has 32 heavy (non-hydrogen) atoms. The summed E-state index contributed by atoms with van der Waals surface area (Å²) in [5, 5.41) is 9.15. The van der Waals surface area contributed by atoms with Crippen molar-refractivity contribution >= 4 is 21.9 Å². The highest BCUT2D eigenvalue weighted by molar-refractivity contribution is 7.92. The summed E-state index contributed by atoms with van der Waals surface area (Å²) < 4.78 is 33.7. The lowest BCUT2D eigenvalue weighted by atomic mass is 10.00. The van der Waals surface area contributed by atoms with Crippen LogP contribution in [0.25, 0.3) is 11.3 Å². The number of hydrogen-bond donors (Lipinski definition) is 3. The molecule has 0 bridgehead atoms. The average Bonchev–Trinajstić information content (AvgIpc) is 2.72. The number of ether oxygens (including phenoxy) is 1. The quantitative estimate of drug-likeness (QED) is 0.469. The zero-order valence-electron chi connectivity index (χ0n) is 17.9. The van der Waals surface area contributed by atoms with Gasteiger partial charge in [0.25, 0.3) is 10.0 Å². The van der Waals surface area contributed by atoms with Crippen molar-refractivity contribution in [1.29, 1.82) is 0 Å². The topological polar surface area (TPSA) is 144 Å². The van der Waals surface area contributed by atoms with Crippen molar-refractivity contribution in [3.63, 3.8) is 0 Å². The first kappa shape index (κ1) is 23.2. The van der Waals surface area contributed by atoms with Crippen molar-refractivity contribution in [3.05, 3.63) is 65.2 Å². The van der Waals surface area contributed by atoms with Crippen LogP contribution in [-0.2, 0) is 10.0 Å². The van der Waals surface area contributed by atoms with Gasteiger partial charge in [-0.05, 0) is 50.1 Å². The fourth-order valence-corrected chi connectivity index (χ4v) is 4.07. The van der Waals surface area contributed by atoms with Gasteiger partial charge in [0.2, 0.25) is 11.8 Å². The Bertz CT molecular complexity index is 1240. The highest BCUT2D eigenvalue weighted by Crippen LogP contribution is 2.29. The van der Waals surface area contributed by atoms with Crippen molar-refractivity contribution in [2.24, 2.45) is 5.73 Å². The van der Waals surface area contributed by atoms with Crippen molar-refractivity contribution in [3.8, 4) is 17.1 Å². The van der Waals surface area contributed by atoms with Crippen LogP contribution in [-0.4, -0.2) is 42.1 Å². The second-order valence-electron chi connectivity index (χ2n) is 7.41. The Morgan fingerprint density at radius 1 is 1.12 bits per heavy atom. The average molecular weight is 457 g/mol. The fourth-order valence-electron chi connectivity index (χ4n) is 3.08. The number of aromatic carboxylic acids is 1. The molecule has 0 radical (unpaired) electrons. The van der Waals surface area contributed by atoms with E-state index in [0.29, 0.717) is 5.69 Å². The predicted molar refractivity (Wildman–Crippen MR) is 120 cm³/mol. The van der Waals surface area contributed by atoms with Gasteiger partial charge in [-0.2, -0.15) is 4.98 Å². The number of nitrogens with two attached hydrogens (primary N) is 1. The zero-order chi connectivity index (χ0) is 23.5. The largest absolute Gasteiger partial charge is 0.478 e. The van der Waals surface area contributed by atoms with Gasteiger partial charge in [0.15, 0.2) is 0 Å². The van der Waals surface area contributed by atoms with Crippen LogP contribution in [0.4, 0.5) is 5.95 Å². The van der Waals surface area contributed by atoms with E-state index in [-0.39, 0.29) is 34.9 Å². The lowest BCUT2D eigenvalue weighted by molar-refractivity contribution is 0.0696. The molecule has 2 aromatic carbocycles. The maximum atomic E-state index is 12.9. The van der Waals surface area contributed by atoms with E-state index in [4.69, 9.17) is 15.6 Å². The molecule has 168 valence electrons. The second kappa shape index (κ2) is 9.33. The molecule has 4 N–H and O–H groups in total. The summed E-state index contributed by atoms with van der Waals surface area (Å²) in [6, 6.07) is 12.1. The number of aryl methyl sites for hydroxylation is 2. The lowest BCUT2D eigenvalue weighted by Crippen LogP contribution is -2.24. The third-order valence-corrected chi connectivity index (χ3v) is 5.88. The Balaban J connectivity index is 2.06. The van der Waals surface area contributed by atoms with Gasteiger partial charge in [0.1, 0.15) is 6.61 Å². The van der Waals surface area contributed by atoms with Crippen LogP contribution in [0.2, 0.25) is 0 Å². The Kier molecular flexibility index (Phi) is 6.75. The highest BCUT2D eigenvalue weighted by atomic mass is 32.2. The minimum absolute atomic E-state index is 0.154. The summed E-state index contributed by atoms with van der Waals surface area (Å²) in [7, 11) is -4.16. The molecule has 0 aliphatic rings. The maximum Gasteiger partial charge on any atom is 0.335 e. The molecule has 1 heterocycles. The van der Waals surface area contributed by atoms with Gasteiger partial charge in [0.05, 0.1) is 16.2 Å². The molecule has 3 aromatic rings. The van der Waals surface area contributed by atoms with E-state index >= 15 is 0 Å². The molecule has 0 saturated carbocycles. The molecule has 3 rings (SSSR count). The maximum absolute atomic E-state index is 12.9. The Morgan fingerprint density at radius 3 is 2.41 bits per heavy atom.